The van der Waals surface area contributed by atoms with Crippen molar-refractivity contribution < 1.29 is 4.74 Å². The lowest BCUT2D eigenvalue weighted by molar-refractivity contribution is 0.295. The molecule has 1 aliphatic heterocycles. The molecule has 2 aromatic rings. The van der Waals surface area contributed by atoms with Crippen LogP contribution in [-0.2, 0) is 0 Å². The highest BCUT2D eigenvalue weighted by molar-refractivity contribution is 9.10. The normalized spacial score (nSPS) is 19.2. The van der Waals surface area contributed by atoms with Crippen molar-refractivity contribution in [2.24, 2.45) is 4.99 Å². The Labute approximate surface area is 132 Å². The zero-order valence-corrected chi connectivity index (χ0v) is 12.9. The molecule has 3 rings (SSSR count). The van der Waals surface area contributed by atoms with Gasteiger partial charge in [-0.2, -0.15) is 10.3 Å². The molecule has 104 valence electrons. The van der Waals surface area contributed by atoms with Crippen LogP contribution in [0.15, 0.2) is 58.0 Å². The Bertz CT molecular complexity index is 719. The second-order valence-electron chi connectivity index (χ2n) is 4.92. The standard InChI is InChI=1S/C17H13BrN2O/c18-14-6-7-17-15(9-14)16(20-11-19)8-13(10-21-17)12-4-2-1-3-5-12/h1-7,9,13H,8,10H2/b20-16-. The van der Waals surface area contributed by atoms with Crippen molar-refractivity contribution in [3.63, 3.8) is 0 Å². The third-order valence-electron chi connectivity index (χ3n) is 3.59. The molecule has 0 aromatic heterocycles. The van der Waals surface area contributed by atoms with Gasteiger partial charge in [-0.3, -0.25) is 0 Å². The summed E-state index contributed by atoms with van der Waals surface area (Å²) in [6.45, 7) is 0.586. The molecule has 3 nitrogen and oxygen atoms in total. The van der Waals surface area contributed by atoms with Crippen LogP contribution >= 0.6 is 15.9 Å². The number of nitriles is 1. The van der Waals surface area contributed by atoms with Gasteiger partial charge >= 0.3 is 0 Å². The molecule has 0 aliphatic carbocycles. The molecule has 0 bridgehead atoms. The van der Waals surface area contributed by atoms with Gasteiger partial charge in [-0.15, -0.1) is 0 Å². The summed E-state index contributed by atoms with van der Waals surface area (Å²) in [5, 5.41) is 8.97. The van der Waals surface area contributed by atoms with E-state index in [0.29, 0.717) is 13.0 Å². The lowest BCUT2D eigenvalue weighted by Crippen LogP contribution is -2.10. The van der Waals surface area contributed by atoms with Crippen LogP contribution in [0.25, 0.3) is 0 Å². The Morgan fingerprint density at radius 2 is 2.00 bits per heavy atom. The molecular weight excluding hydrogens is 328 g/mol. The van der Waals surface area contributed by atoms with Crippen LogP contribution in [0.2, 0.25) is 0 Å². The fourth-order valence-corrected chi connectivity index (χ4v) is 2.91. The fraction of sp³-hybridized carbons (Fsp3) is 0.176. The molecule has 0 saturated carbocycles. The van der Waals surface area contributed by atoms with Gasteiger partial charge in [0.05, 0.1) is 12.3 Å². The minimum atomic E-state index is 0.199. The maximum atomic E-state index is 8.97. The molecule has 1 atom stereocenters. The number of hydrogen-bond donors (Lipinski definition) is 0. The molecule has 4 heteroatoms. The summed E-state index contributed by atoms with van der Waals surface area (Å²) < 4.78 is 6.89. The maximum Gasteiger partial charge on any atom is 0.205 e. The first-order valence-electron chi connectivity index (χ1n) is 6.71. The van der Waals surface area contributed by atoms with Crippen molar-refractivity contribution in [2.75, 3.05) is 6.61 Å². The van der Waals surface area contributed by atoms with Gasteiger partial charge in [0.25, 0.3) is 0 Å². The summed E-state index contributed by atoms with van der Waals surface area (Å²) in [7, 11) is 0. The second-order valence-corrected chi connectivity index (χ2v) is 5.84. The van der Waals surface area contributed by atoms with Crippen LogP contribution < -0.4 is 4.74 Å². The van der Waals surface area contributed by atoms with Crippen LogP contribution in [0, 0.1) is 11.5 Å². The van der Waals surface area contributed by atoms with Gasteiger partial charge in [0.1, 0.15) is 5.75 Å². The van der Waals surface area contributed by atoms with E-state index in [-0.39, 0.29) is 5.92 Å². The first-order valence-corrected chi connectivity index (χ1v) is 7.50. The van der Waals surface area contributed by atoms with Gasteiger partial charge in [0.2, 0.25) is 6.19 Å². The minimum absolute atomic E-state index is 0.199. The summed E-state index contributed by atoms with van der Waals surface area (Å²) >= 11 is 3.46. The maximum absolute atomic E-state index is 8.97. The van der Waals surface area contributed by atoms with E-state index in [2.05, 4.69) is 33.1 Å². The van der Waals surface area contributed by atoms with E-state index in [1.807, 2.05) is 42.6 Å². The van der Waals surface area contributed by atoms with Crippen LogP contribution in [0.3, 0.4) is 0 Å². The summed E-state index contributed by atoms with van der Waals surface area (Å²) in [5.74, 6) is 0.982. The van der Waals surface area contributed by atoms with Crippen molar-refractivity contribution in [1.29, 1.82) is 5.26 Å². The number of benzene rings is 2. The largest absolute Gasteiger partial charge is 0.492 e. The smallest absolute Gasteiger partial charge is 0.205 e. The molecule has 1 unspecified atom stereocenters. The van der Waals surface area contributed by atoms with Crippen LogP contribution in [0.4, 0.5) is 0 Å². The first kappa shape index (κ1) is 13.8. The molecule has 0 radical (unpaired) electrons. The van der Waals surface area contributed by atoms with Gasteiger partial charge < -0.3 is 4.74 Å². The highest BCUT2D eigenvalue weighted by Gasteiger charge is 2.23. The minimum Gasteiger partial charge on any atom is -0.492 e. The third kappa shape index (κ3) is 2.98. The summed E-state index contributed by atoms with van der Waals surface area (Å²) in [6, 6.07) is 16.0. The number of nitrogens with zero attached hydrogens (tertiary/aromatic N) is 2. The van der Waals surface area contributed by atoms with Crippen LogP contribution in [0.1, 0.15) is 23.5 Å². The third-order valence-corrected chi connectivity index (χ3v) is 4.08. The molecule has 1 heterocycles. The highest BCUT2D eigenvalue weighted by atomic mass is 79.9. The zero-order valence-electron chi connectivity index (χ0n) is 11.3. The average Bonchev–Trinajstić information content (AvgIpc) is 2.69. The van der Waals surface area contributed by atoms with Crippen molar-refractivity contribution in [2.45, 2.75) is 12.3 Å². The zero-order chi connectivity index (χ0) is 14.7. The number of ether oxygens (including phenoxy) is 1. The van der Waals surface area contributed by atoms with E-state index < -0.39 is 0 Å². The molecule has 0 fully saturated rings. The molecule has 0 spiro atoms. The molecule has 0 saturated heterocycles. The Balaban J connectivity index is 2.01. The first-order chi connectivity index (χ1) is 10.3. The Kier molecular flexibility index (Phi) is 4.03. The predicted octanol–water partition coefficient (Wildman–Crippen LogP) is 4.29. The lowest BCUT2D eigenvalue weighted by Gasteiger charge is -2.14. The lowest BCUT2D eigenvalue weighted by atomic mass is 9.92. The highest BCUT2D eigenvalue weighted by Crippen LogP contribution is 2.33. The number of rotatable bonds is 1. The molecule has 21 heavy (non-hydrogen) atoms. The number of halogens is 1. The van der Waals surface area contributed by atoms with Crippen molar-refractivity contribution in [3.8, 4) is 11.9 Å². The monoisotopic (exact) mass is 340 g/mol. The quantitative estimate of drug-likeness (QED) is 0.727. The SMILES string of the molecule is N#C/N=C1/CC(c2ccccc2)COc2ccc(Br)cc21. The van der Waals surface area contributed by atoms with Crippen LogP contribution in [0.5, 0.6) is 5.75 Å². The number of hydrogen-bond acceptors (Lipinski definition) is 3. The summed E-state index contributed by atoms with van der Waals surface area (Å²) in [4.78, 5) is 4.02. The van der Waals surface area contributed by atoms with Gasteiger partial charge in [-0.05, 0) is 23.8 Å². The molecule has 0 N–H and O–H groups in total. The van der Waals surface area contributed by atoms with E-state index in [1.165, 1.54) is 5.56 Å². The van der Waals surface area contributed by atoms with E-state index in [1.54, 1.807) is 0 Å². The van der Waals surface area contributed by atoms with Gasteiger partial charge in [-0.25, -0.2) is 0 Å². The second kappa shape index (κ2) is 6.11. The average molecular weight is 341 g/mol. The Hall–Kier alpha value is -2.12. The predicted molar refractivity (Wildman–Crippen MR) is 85.6 cm³/mol. The van der Waals surface area contributed by atoms with E-state index in [0.717, 1.165) is 21.5 Å². The molecular formula is C17H13BrN2O. The topological polar surface area (TPSA) is 45.4 Å². The van der Waals surface area contributed by atoms with Gasteiger partial charge in [0, 0.05) is 22.4 Å². The molecule has 2 aromatic carbocycles. The molecule has 1 aliphatic rings. The summed E-state index contributed by atoms with van der Waals surface area (Å²) in [5.41, 5.74) is 2.87. The van der Waals surface area contributed by atoms with Crippen molar-refractivity contribution >= 4 is 21.6 Å². The van der Waals surface area contributed by atoms with Crippen molar-refractivity contribution in [3.05, 3.63) is 64.1 Å². The van der Waals surface area contributed by atoms with Gasteiger partial charge in [-0.1, -0.05) is 46.3 Å². The Morgan fingerprint density at radius 3 is 2.76 bits per heavy atom. The van der Waals surface area contributed by atoms with Crippen molar-refractivity contribution in [1.82, 2.24) is 0 Å². The number of fused-ring (bicyclic) bond motifs is 1. The van der Waals surface area contributed by atoms with Crippen LogP contribution in [-0.4, -0.2) is 12.3 Å². The summed E-state index contributed by atoms with van der Waals surface area (Å²) in [6.07, 6.45) is 2.61. The van der Waals surface area contributed by atoms with E-state index in [4.69, 9.17) is 10.00 Å². The van der Waals surface area contributed by atoms with Gasteiger partial charge in [0.15, 0.2) is 0 Å². The van der Waals surface area contributed by atoms with E-state index in [9.17, 15) is 0 Å². The van der Waals surface area contributed by atoms with E-state index >= 15 is 0 Å². The Morgan fingerprint density at radius 1 is 1.19 bits per heavy atom. The fourth-order valence-electron chi connectivity index (χ4n) is 2.55. The number of aliphatic imine (C=N–C) groups is 1. The molecule has 0 amide bonds.